The Morgan fingerprint density at radius 2 is 2.04 bits per heavy atom. The molecular weight excluding hydrogens is 308 g/mol. The van der Waals surface area contributed by atoms with E-state index in [9.17, 15) is 0 Å². The number of aryl methyl sites for hydroxylation is 1. The maximum atomic E-state index is 5.57. The molecule has 0 bridgehead atoms. The van der Waals surface area contributed by atoms with Gasteiger partial charge in [-0.15, -0.1) is 10.2 Å². The van der Waals surface area contributed by atoms with E-state index in [0.717, 1.165) is 37.8 Å². The first-order chi connectivity index (χ1) is 11.8. The van der Waals surface area contributed by atoms with Gasteiger partial charge in [0.25, 0.3) is 0 Å². The summed E-state index contributed by atoms with van der Waals surface area (Å²) in [6.45, 7) is 3.74. The van der Waals surface area contributed by atoms with Gasteiger partial charge in [-0.05, 0) is 6.07 Å². The van der Waals surface area contributed by atoms with E-state index in [4.69, 9.17) is 4.74 Å². The van der Waals surface area contributed by atoms with Gasteiger partial charge < -0.3 is 9.30 Å². The third-order valence-electron chi connectivity index (χ3n) is 3.95. The lowest BCUT2D eigenvalue weighted by Gasteiger charge is -2.27. The first-order valence-electron chi connectivity index (χ1n) is 7.78. The van der Waals surface area contributed by atoms with Crippen molar-refractivity contribution in [3.05, 3.63) is 48.1 Å². The van der Waals surface area contributed by atoms with Gasteiger partial charge in [0.05, 0.1) is 12.7 Å². The summed E-state index contributed by atoms with van der Waals surface area (Å²) in [7, 11) is 1.93. The predicted octanol–water partition coefficient (Wildman–Crippen LogP) is 0.396. The molecule has 4 rings (SSSR count). The van der Waals surface area contributed by atoms with E-state index in [2.05, 4.69) is 34.7 Å². The lowest BCUT2D eigenvalue weighted by molar-refractivity contribution is 0.200. The highest BCUT2D eigenvalue weighted by Gasteiger charge is 2.21. The topological polar surface area (TPSA) is 86.8 Å². The molecular formula is C15H18N8O. The van der Waals surface area contributed by atoms with Gasteiger partial charge in [-0.2, -0.15) is 5.10 Å². The number of rotatable bonds is 5. The number of hydrogen-bond acceptors (Lipinski definition) is 7. The van der Waals surface area contributed by atoms with Crippen LogP contribution in [0.15, 0.2) is 30.9 Å². The van der Waals surface area contributed by atoms with Crippen molar-refractivity contribution in [3.63, 3.8) is 0 Å². The van der Waals surface area contributed by atoms with Crippen LogP contribution < -0.4 is 4.74 Å². The zero-order valence-electron chi connectivity index (χ0n) is 13.4. The third kappa shape index (κ3) is 3.11. The molecule has 0 saturated heterocycles. The highest BCUT2D eigenvalue weighted by atomic mass is 16.5. The molecule has 0 unspecified atom stereocenters. The van der Waals surface area contributed by atoms with Crippen LogP contribution in [0.5, 0.6) is 6.01 Å². The predicted molar refractivity (Wildman–Crippen MR) is 83.7 cm³/mol. The summed E-state index contributed by atoms with van der Waals surface area (Å²) in [6.07, 6.45) is 7.24. The first kappa shape index (κ1) is 14.8. The van der Waals surface area contributed by atoms with E-state index < -0.39 is 0 Å². The van der Waals surface area contributed by atoms with Gasteiger partial charge in [0.2, 0.25) is 0 Å². The van der Waals surface area contributed by atoms with Crippen molar-refractivity contribution in [1.82, 2.24) is 39.4 Å². The molecule has 0 radical (unpaired) electrons. The minimum atomic E-state index is 0.319. The van der Waals surface area contributed by atoms with Crippen molar-refractivity contribution in [2.24, 2.45) is 7.05 Å². The van der Waals surface area contributed by atoms with E-state index in [-0.39, 0.29) is 0 Å². The Kier molecular flexibility index (Phi) is 3.91. The molecule has 124 valence electrons. The maximum Gasteiger partial charge on any atom is 0.316 e. The Morgan fingerprint density at radius 1 is 1.17 bits per heavy atom. The van der Waals surface area contributed by atoms with Gasteiger partial charge in [0.15, 0.2) is 12.4 Å². The fraction of sp³-hybridized carbons (Fsp3) is 0.400. The van der Waals surface area contributed by atoms with Crippen molar-refractivity contribution < 1.29 is 4.74 Å². The molecule has 0 N–H and O–H groups in total. The molecule has 0 aromatic carbocycles. The standard InChI is InChI=1S/C15H18N8O/c1-21-8-12(7-18-21)9-22-5-6-23-13(10-22)19-20-14(23)11-24-15-16-3-2-4-17-15/h2-4,7-8H,5-6,9-11H2,1H3. The molecule has 3 aromatic rings. The average Bonchev–Trinajstić information content (AvgIpc) is 3.20. The van der Waals surface area contributed by atoms with Crippen LogP contribution in [-0.4, -0.2) is 46.0 Å². The van der Waals surface area contributed by atoms with Crippen LogP contribution in [0.3, 0.4) is 0 Å². The minimum Gasteiger partial charge on any atom is -0.455 e. The van der Waals surface area contributed by atoms with Gasteiger partial charge >= 0.3 is 6.01 Å². The maximum absolute atomic E-state index is 5.57. The van der Waals surface area contributed by atoms with Crippen LogP contribution in [0.2, 0.25) is 0 Å². The summed E-state index contributed by atoms with van der Waals surface area (Å²) in [5.41, 5.74) is 1.20. The largest absolute Gasteiger partial charge is 0.455 e. The van der Waals surface area contributed by atoms with Crippen LogP contribution in [0.25, 0.3) is 0 Å². The number of hydrogen-bond donors (Lipinski definition) is 0. The van der Waals surface area contributed by atoms with Crippen LogP contribution in [0.1, 0.15) is 17.2 Å². The number of ether oxygens (including phenoxy) is 1. The molecule has 0 fully saturated rings. The summed E-state index contributed by atoms with van der Waals surface area (Å²) >= 11 is 0. The van der Waals surface area contributed by atoms with Crippen LogP contribution in [0, 0.1) is 0 Å². The summed E-state index contributed by atoms with van der Waals surface area (Å²) in [6, 6.07) is 2.10. The SMILES string of the molecule is Cn1cc(CN2CCn3c(COc4ncccn4)nnc3C2)cn1. The zero-order valence-corrected chi connectivity index (χ0v) is 13.4. The molecule has 0 atom stereocenters. The second-order valence-electron chi connectivity index (χ2n) is 5.74. The van der Waals surface area contributed by atoms with Crippen LogP contribution >= 0.6 is 0 Å². The fourth-order valence-corrected chi connectivity index (χ4v) is 2.81. The van der Waals surface area contributed by atoms with Gasteiger partial charge in [0, 0.05) is 50.8 Å². The molecule has 4 heterocycles. The van der Waals surface area contributed by atoms with Crippen molar-refractivity contribution in [3.8, 4) is 6.01 Å². The monoisotopic (exact) mass is 326 g/mol. The van der Waals surface area contributed by atoms with Gasteiger partial charge in [0.1, 0.15) is 5.82 Å². The quantitative estimate of drug-likeness (QED) is 0.670. The van der Waals surface area contributed by atoms with Gasteiger partial charge in [-0.1, -0.05) is 0 Å². The molecule has 1 aliphatic heterocycles. The van der Waals surface area contributed by atoms with Gasteiger partial charge in [-0.3, -0.25) is 9.58 Å². The zero-order chi connectivity index (χ0) is 16.4. The molecule has 0 spiro atoms. The fourth-order valence-electron chi connectivity index (χ4n) is 2.81. The normalized spacial score (nSPS) is 14.5. The van der Waals surface area contributed by atoms with Gasteiger partial charge in [-0.25, -0.2) is 9.97 Å². The summed E-state index contributed by atoms with van der Waals surface area (Å²) in [5, 5.41) is 12.8. The molecule has 9 heteroatoms. The molecule has 0 saturated carbocycles. The molecule has 24 heavy (non-hydrogen) atoms. The van der Waals surface area contributed by atoms with Crippen molar-refractivity contribution >= 4 is 0 Å². The molecule has 9 nitrogen and oxygen atoms in total. The van der Waals surface area contributed by atoms with E-state index in [0.29, 0.717) is 12.6 Å². The Labute approximate surface area is 138 Å². The van der Waals surface area contributed by atoms with Crippen LogP contribution in [-0.2, 0) is 33.3 Å². The molecule has 3 aromatic heterocycles. The Balaban J connectivity index is 1.40. The van der Waals surface area contributed by atoms with Crippen LogP contribution in [0.4, 0.5) is 0 Å². The third-order valence-corrected chi connectivity index (χ3v) is 3.95. The van der Waals surface area contributed by atoms with Crippen molar-refractivity contribution in [2.45, 2.75) is 26.2 Å². The van der Waals surface area contributed by atoms with Crippen molar-refractivity contribution in [2.75, 3.05) is 6.54 Å². The molecule has 0 aliphatic carbocycles. The van der Waals surface area contributed by atoms with E-state index in [1.807, 2.05) is 24.1 Å². The smallest absolute Gasteiger partial charge is 0.316 e. The average molecular weight is 326 g/mol. The van der Waals surface area contributed by atoms with Crippen molar-refractivity contribution in [1.29, 1.82) is 0 Å². The lowest BCUT2D eigenvalue weighted by Crippen LogP contribution is -2.34. The van der Waals surface area contributed by atoms with E-state index in [1.165, 1.54) is 5.56 Å². The highest BCUT2D eigenvalue weighted by molar-refractivity contribution is 5.05. The first-order valence-corrected chi connectivity index (χ1v) is 7.78. The Bertz CT molecular complexity index is 812. The summed E-state index contributed by atoms with van der Waals surface area (Å²) < 4.78 is 9.51. The minimum absolute atomic E-state index is 0.319. The number of aromatic nitrogens is 7. The Hall–Kier alpha value is -2.81. The van der Waals surface area contributed by atoms with E-state index >= 15 is 0 Å². The number of nitrogens with zero attached hydrogens (tertiary/aromatic N) is 8. The lowest BCUT2D eigenvalue weighted by atomic mass is 10.3. The second kappa shape index (κ2) is 6.36. The highest BCUT2D eigenvalue weighted by Crippen LogP contribution is 2.16. The number of fused-ring (bicyclic) bond motifs is 1. The second-order valence-corrected chi connectivity index (χ2v) is 5.74. The Morgan fingerprint density at radius 3 is 2.83 bits per heavy atom. The molecule has 0 amide bonds. The summed E-state index contributed by atoms with van der Waals surface area (Å²) in [5.74, 6) is 1.76. The molecule has 1 aliphatic rings. The summed E-state index contributed by atoms with van der Waals surface area (Å²) in [4.78, 5) is 10.4. The van der Waals surface area contributed by atoms with E-state index in [1.54, 1.807) is 18.5 Å².